The van der Waals surface area contributed by atoms with E-state index in [9.17, 15) is 43.5 Å². The molecule has 1 saturated heterocycles. The molecule has 5 aromatic rings. The summed E-state index contributed by atoms with van der Waals surface area (Å²) in [6, 6.07) is 16.6. The van der Waals surface area contributed by atoms with Gasteiger partial charge in [0.2, 0.25) is 21.9 Å². The van der Waals surface area contributed by atoms with Gasteiger partial charge in [-0.1, -0.05) is 30.3 Å². The highest BCUT2D eigenvalue weighted by atomic mass is 32.2. The fourth-order valence-corrected chi connectivity index (χ4v) is 7.85. The number of phenolic OH excluding ortho intramolecular Hbond substituents is 2. The Labute approximate surface area is 326 Å². The molecule has 2 fully saturated rings. The molecule has 0 spiro atoms. The fourth-order valence-electron chi connectivity index (χ4n) is 7.30. The third kappa shape index (κ3) is 8.69. The Morgan fingerprint density at radius 1 is 0.930 bits per heavy atom. The van der Waals surface area contributed by atoms with Crippen LogP contribution in [0.3, 0.4) is 0 Å². The van der Waals surface area contributed by atoms with E-state index in [2.05, 4.69) is 26.3 Å². The lowest BCUT2D eigenvalue weighted by Crippen LogP contribution is -2.44. The Bertz CT molecular complexity index is 2320. The largest absolute Gasteiger partial charge is 0.508 e. The van der Waals surface area contributed by atoms with Crippen LogP contribution in [0.5, 0.6) is 11.5 Å². The number of imidazole rings is 1. The van der Waals surface area contributed by atoms with Crippen molar-refractivity contribution in [1.82, 2.24) is 30.2 Å². The van der Waals surface area contributed by atoms with Crippen LogP contribution in [0.25, 0.3) is 11.2 Å². The van der Waals surface area contributed by atoms with Gasteiger partial charge in [0, 0.05) is 37.3 Å². The highest BCUT2D eigenvalue weighted by molar-refractivity contribution is 7.89. The predicted octanol–water partition coefficient (Wildman–Crippen LogP) is 0.673. The molecule has 1 aliphatic carbocycles. The van der Waals surface area contributed by atoms with E-state index < -0.39 is 52.9 Å². The number of fused-ring (bicyclic) bond motifs is 1. The number of amides is 3. The van der Waals surface area contributed by atoms with Gasteiger partial charge in [0.1, 0.15) is 30.3 Å². The number of benzene rings is 3. The Kier molecular flexibility index (Phi) is 11.1. The Balaban J connectivity index is 1.18. The number of urea groups is 1. The number of carbonyl (C=O) groups is 2. The minimum absolute atomic E-state index is 0.105. The number of aliphatic hydroxyl groups is 3. The van der Waals surface area contributed by atoms with Gasteiger partial charge in [-0.05, 0) is 66.4 Å². The summed E-state index contributed by atoms with van der Waals surface area (Å²) < 4.78 is 25.2. The van der Waals surface area contributed by atoms with Crippen LogP contribution >= 0.6 is 0 Å². The number of primary sulfonamides is 1. The van der Waals surface area contributed by atoms with E-state index in [-0.39, 0.29) is 53.0 Å². The van der Waals surface area contributed by atoms with E-state index in [1.165, 1.54) is 30.6 Å². The quantitative estimate of drug-likeness (QED) is 0.0830. The topological polar surface area (TPSA) is 290 Å². The number of nitrogens with one attached hydrogen (secondary N) is 4. The first-order valence-electron chi connectivity index (χ1n) is 18.1. The molecule has 7 rings (SSSR count). The van der Waals surface area contributed by atoms with Gasteiger partial charge in [-0.2, -0.15) is 9.97 Å². The number of nitrogens with two attached hydrogens (primary N) is 1. The van der Waals surface area contributed by atoms with Crippen LogP contribution in [0, 0.1) is 0 Å². The molecule has 57 heavy (non-hydrogen) atoms. The van der Waals surface area contributed by atoms with Crippen molar-refractivity contribution >= 4 is 50.6 Å². The van der Waals surface area contributed by atoms with Crippen molar-refractivity contribution in [2.75, 3.05) is 41.8 Å². The number of hydrogen-bond donors (Lipinski definition) is 10. The van der Waals surface area contributed by atoms with Crippen LogP contribution in [0.1, 0.15) is 35.9 Å². The van der Waals surface area contributed by atoms with Crippen molar-refractivity contribution in [3.8, 4) is 11.5 Å². The maximum absolute atomic E-state index is 13.0. The number of nitrogens with zero attached hydrogens (tertiary/aromatic N) is 5. The first kappa shape index (κ1) is 39.2. The van der Waals surface area contributed by atoms with Crippen molar-refractivity contribution in [3.63, 3.8) is 0 Å². The lowest BCUT2D eigenvalue weighted by atomic mass is 9.91. The summed E-state index contributed by atoms with van der Waals surface area (Å²) in [5, 5.41) is 67.9. The lowest BCUT2D eigenvalue weighted by molar-refractivity contribution is -0.125. The molecule has 1 aliphatic heterocycles. The SMILES string of the molecule is NS(=O)(=O)c1cccc(NC(=O)N[C@@H]2CCN(c3nc(NCC(c4ccc(O)cc4)c4ccc(O)cc4)c4ncn([C@@H]5C[C@H](NC(=O)CO)[C@@H](O)[C@H]5O)c4n3)C2)c1. The summed E-state index contributed by atoms with van der Waals surface area (Å²) in [4.78, 5) is 41.0. The number of sulfonamides is 1. The molecule has 3 aromatic carbocycles. The zero-order valence-corrected chi connectivity index (χ0v) is 31.1. The van der Waals surface area contributed by atoms with Crippen LogP contribution in [0.4, 0.5) is 22.2 Å². The number of aromatic nitrogens is 4. The van der Waals surface area contributed by atoms with Gasteiger partial charge in [-0.25, -0.2) is 23.3 Å². The second-order valence-electron chi connectivity index (χ2n) is 14.0. The van der Waals surface area contributed by atoms with Crippen molar-refractivity contribution < 1.29 is 43.5 Å². The molecule has 2 aromatic heterocycles. The maximum Gasteiger partial charge on any atom is 0.319 e. The number of rotatable bonds is 12. The summed E-state index contributed by atoms with van der Waals surface area (Å²) in [6.07, 6.45) is -0.559. The van der Waals surface area contributed by atoms with Gasteiger partial charge in [-0.3, -0.25) is 4.79 Å². The van der Waals surface area contributed by atoms with Crippen molar-refractivity contribution in [3.05, 3.63) is 90.3 Å². The van der Waals surface area contributed by atoms with Crippen molar-refractivity contribution in [2.45, 2.75) is 54.0 Å². The summed E-state index contributed by atoms with van der Waals surface area (Å²) >= 11 is 0. The van der Waals surface area contributed by atoms with Crippen LogP contribution < -0.4 is 31.3 Å². The third-order valence-corrected chi connectivity index (χ3v) is 11.1. The van der Waals surface area contributed by atoms with Crippen LogP contribution in [0.2, 0.25) is 0 Å². The van der Waals surface area contributed by atoms with E-state index in [0.717, 1.165) is 11.1 Å². The molecule has 3 heterocycles. The molecule has 2 aliphatic rings. The van der Waals surface area contributed by atoms with Gasteiger partial charge in [-0.15, -0.1) is 0 Å². The van der Waals surface area contributed by atoms with Crippen molar-refractivity contribution in [1.29, 1.82) is 0 Å². The second-order valence-corrected chi connectivity index (χ2v) is 15.6. The molecule has 0 bridgehead atoms. The zero-order valence-electron chi connectivity index (χ0n) is 30.3. The minimum atomic E-state index is -3.97. The van der Waals surface area contributed by atoms with Crippen LogP contribution in [-0.4, -0.2) is 116 Å². The highest BCUT2D eigenvalue weighted by Gasteiger charge is 2.44. The van der Waals surface area contributed by atoms with Crippen molar-refractivity contribution in [2.24, 2.45) is 5.14 Å². The summed E-state index contributed by atoms with van der Waals surface area (Å²) in [5.41, 5.74) is 2.64. The number of aliphatic hydroxyl groups excluding tert-OH is 3. The smallest absolute Gasteiger partial charge is 0.319 e. The highest BCUT2D eigenvalue weighted by Crippen LogP contribution is 2.36. The Hall–Kier alpha value is -6.06. The Morgan fingerprint density at radius 2 is 1.61 bits per heavy atom. The third-order valence-electron chi connectivity index (χ3n) is 10.2. The second kappa shape index (κ2) is 16.2. The lowest BCUT2D eigenvalue weighted by Gasteiger charge is -2.22. The molecule has 19 nitrogen and oxygen atoms in total. The fraction of sp³-hybridized carbons (Fsp3) is 0.324. The number of phenols is 2. The molecular weight excluding hydrogens is 761 g/mol. The average molecular weight is 803 g/mol. The molecule has 3 amide bonds. The molecule has 5 atom stereocenters. The van der Waals surface area contributed by atoms with E-state index >= 15 is 0 Å². The number of anilines is 3. The molecule has 0 radical (unpaired) electrons. The predicted molar refractivity (Wildman–Crippen MR) is 207 cm³/mol. The molecule has 0 unspecified atom stereocenters. The van der Waals surface area contributed by atoms with Gasteiger partial charge < -0.3 is 56.3 Å². The van der Waals surface area contributed by atoms with E-state index in [1.54, 1.807) is 53.1 Å². The normalized spacial score (nSPS) is 20.9. The van der Waals surface area contributed by atoms with Crippen LogP contribution in [-0.2, 0) is 14.8 Å². The van der Waals surface area contributed by atoms with E-state index in [1.807, 2.05) is 4.90 Å². The van der Waals surface area contributed by atoms with Gasteiger partial charge in [0.05, 0.1) is 23.3 Å². The molecule has 1 saturated carbocycles. The maximum atomic E-state index is 13.0. The van der Waals surface area contributed by atoms with Crippen LogP contribution in [0.15, 0.2) is 84.0 Å². The Morgan fingerprint density at radius 3 is 2.26 bits per heavy atom. The standard InChI is InChI=1S/C37H42N10O9S/c38-57(55,56)26-3-1-2-22(14-26)41-37(54)42-23-12-13-46(17-23)36-44-34(39-16-27(20-4-8-24(49)9-5-20)21-6-10-25(50)11-7-21)31-35(45-36)47(19-40-31)29-15-28(32(52)33(29)53)43-30(51)18-48/h1-11,14,19,23,27-29,32-33,48-50,52-53H,12-13,15-18H2,(H,43,51)(H2,38,55,56)(H,39,44,45)(H2,41,42,54)/t23-,28+,29-,32-,33+/m1/s1. The van der Waals surface area contributed by atoms with E-state index in [4.69, 9.17) is 15.1 Å². The monoisotopic (exact) mass is 802 g/mol. The number of aromatic hydroxyl groups is 2. The first-order chi connectivity index (χ1) is 27.3. The van der Waals surface area contributed by atoms with Gasteiger partial charge in [0.15, 0.2) is 17.0 Å². The zero-order chi connectivity index (χ0) is 40.4. The van der Waals surface area contributed by atoms with E-state index in [0.29, 0.717) is 36.5 Å². The van der Waals surface area contributed by atoms with Gasteiger partial charge >= 0.3 is 6.03 Å². The number of hydrogen-bond acceptors (Lipinski definition) is 14. The summed E-state index contributed by atoms with van der Waals surface area (Å²) in [6.45, 7) is 0.241. The molecular formula is C37H42N10O9S. The first-order valence-corrected chi connectivity index (χ1v) is 19.6. The molecule has 300 valence electrons. The van der Waals surface area contributed by atoms with Gasteiger partial charge in [0.25, 0.3) is 0 Å². The summed E-state index contributed by atoms with van der Waals surface area (Å²) in [5.74, 6) is -0.145. The molecule has 20 heteroatoms. The minimum Gasteiger partial charge on any atom is -0.508 e. The average Bonchev–Trinajstić information content (AvgIpc) is 3.90. The molecule has 11 N–H and O–H groups in total. The summed E-state index contributed by atoms with van der Waals surface area (Å²) in [7, 11) is -3.97. The number of carbonyl (C=O) groups excluding carboxylic acids is 2.